The number of rotatable bonds is 13. The fraction of sp³-hybridized carbons (Fsp3) is 0.314. The Morgan fingerprint density at radius 2 is 1.59 bits per heavy atom. The van der Waals surface area contributed by atoms with E-state index < -0.39 is 0 Å². The van der Waals surface area contributed by atoms with Gasteiger partial charge >= 0.3 is 0 Å². The number of aromatic amines is 2. The van der Waals surface area contributed by atoms with Crippen LogP contribution in [-0.2, 0) is 27.8 Å². The molecule has 228 valence electrons. The zero-order chi connectivity index (χ0) is 31.4. The molecule has 0 radical (unpaired) electrons. The number of nitrogens with zero attached hydrogens (tertiary/aromatic N) is 2. The maximum absolute atomic E-state index is 13.4. The fourth-order valence-corrected chi connectivity index (χ4v) is 4.88. The van der Waals surface area contributed by atoms with Gasteiger partial charge in [-0.1, -0.05) is 32.0 Å². The average molecular weight is 595 g/mol. The molecule has 44 heavy (non-hydrogen) atoms. The van der Waals surface area contributed by atoms with Crippen LogP contribution >= 0.6 is 0 Å². The van der Waals surface area contributed by atoms with Gasteiger partial charge in [-0.05, 0) is 60.5 Å². The molecule has 3 heterocycles. The minimum absolute atomic E-state index is 0.0389. The van der Waals surface area contributed by atoms with Crippen LogP contribution < -0.4 is 4.74 Å². The van der Waals surface area contributed by atoms with Crippen molar-refractivity contribution in [3.05, 3.63) is 95.3 Å². The molecule has 9 heteroatoms. The summed E-state index contributed by atoms with van der Waals surface area (Å²) in [6, 6.07) is 16.8. The minimum Gasteiger partial charge on any atom is -0.494 e. The number of Topliss-reactive ketones (excluding diaryl/α,β-unsaturated/α-hetero) is 1. The summed E-state index contributed by atoms with van der Waals surface area (Å²) in [6.45, 7) is 6.53. The maximum Gasteiger partial charge on any atom is 0.225 e. The Hall–Kier alpha value is -4.92. The number of benzene rings is 2. The van der Waals surface area contributed by atoms with Gasteiger partial charge in [0.05, 0.1) is 30.1 Å². The van der Waals surface area contributed by atoms with E-state index in [1.54, 1.807) is 12.3 Å². The second kappa shape index (κ2) is 12.8. The van der Waals surface area contributed by atoms with Crippen molar-refractivity contribution in [2.45, 2.75) is 51.9 Å². The largest absolute Gasteiger partial charge is 0.494 e. The minimum atomic E-state index is -0.167. The molecular formula is C35H38N4O5. The first-order chi connectivity index (χ1) is 20.9. The Balaban J connectivity index is 1.20. The van der Waals surface area contributed by atoms with Crippen LogP contribution in [0, 0.1) is 0 Å². The quantitative estimate of drug-likeness (QED) is 0.0929. The average Bonchev–Trinajstić information content (AvgIpc) is 3.71. The molecule has 0 atom stereocenters. The maximum atomic E-state index is 13.4. The van der Waals surface area contributed by atoms with Gasteiger partial charge in [-0.3, -0.25) is 14.4 Å². The Morgan fingerprint density at radius 3 is 2.25 bits per heavy atom. The summed E-state index contributed by atoms with van der Waals surface area (Å²) < 4.78 is 11.3. The number of carbonyl (C=O) groups is 3. The standard InChI is InChI=1S/C35H38N4O5/c1-35(2,3)33-21-25(38-44-33)20-27(41)16-22-8-10-29-23(15-22)18-31(36-29)34(42)32-19-24-17-28(9-11-30(24)37-32)43-14-6-7-26(40)12-13-39(4)5/h8-13,15,17-19,21,36-37H,6-7,14,16,20H2,1-5H3/b13-12+. The molecule has 0 amide bonds. The lowest BCUT2D eigenvalue weighted by molar-refractivity contribution is -0.118. The third-order valence-electron chi connectivity index (χ3n) is 7.24. The second-order valence-corrected chi connectivity index (χ2v) is 12.4. The molecule has 0 fully saturated rings. The molecule has 3 aromatic heterocycles. The van der Waals surface area contributed by atoms with Crippen molar-refractivity contribution in [2.24, 2.45) is 0 Å². The molecule has 0 unspecified atom stereocenters. The van der Waals surface area contributed by atoms with Crippen LogP contribution in [0.25, 0.3) is 21.8 Å². The summed E-state index contributed by atoms with van der Waals surface area (Å²) in [6.07, 6.45) is 4.80. The highest BCUT2D eigenvalue weighted by Gasteiger charge is 2.21. The summed E-state index contributed by atoms with van der Waals surface area (Å²) in [7, 11) is 3.74. The summed E-state index contributed by atoms with van der Waals surface area (Å²) in [5.74, 6) is 1.37. The Bertz CT molecular complexity index is 1850. The van der Waals surface area contributed by atoms with Crippen molar-refractivity contribution in [1.29, 1.82) is 0 Å². The van der Waals surface area contributed by atoms with E-state index in [-0.39, 0.29) is 35.6 Å². The molecular weight excluding hydrogens is 556 g/mol. The van der Waals surface area contributed by atoms with Gasteiger partial charge in [0, 0.05) is 66.4 Å². The molecule has 0 saturated heterocycles. The van der Waals surface area contributed by atoms with Crippen LogP contribution in [0.3, 0.4) is 0 Å². The number of aromatic nitrogens is 3. The van der Waals surface area contributed by atoms with E-state index in [2.05, 4.69) is 15.1 Å². The summed E-state index contributed by atoms with van der Waals surface area (Å²) in [4.78, 5) is 46.3. The number of ether oxygens (including phenoxy) is 1. The first-order valence-corrected chi connectivity index (χ1v) is 14.7. The predicted octanol–water partition coefficient (Wildman–Crippen LogP) is 6.32. The summed E-state index contributed by atoms with van der Waals surface area (Å²) in [5.41, 5.74) is 3.89. The zero-order valence-corrected chi connectivity index (χ0v) is 25.8. The van der Waals surface area contributed by atoms with E-state index in [1.807, 2.05) is 94.4 Å². The van der Waals surface area contributed by atoms with Crippen LogP contribution in [0.15, 0.2) is 71.4 Å². The van der Waals surface area contributed by atoms with E-state index in [1.165, 1.54) is 0 Å². The number of allylic oxidation sites excluding steroid dienone is 1. The molecule has 0 bridgehead atoms. The Morgan fingerprint density at radius 1 is 0.909 bits per heavy atom. The first-order valence-electron chi connectivity index (χ1n) is 14.7. The van der Waals surface area contributed by atoms with E-state index in [9.17, 15) is 14.4 Å². The molecule has 0 aliphatic carbocycles. The van der Waals surface area contributed by atoms with E-state index in [0.717, 1.165) is 33.1 Å². The highest BCUT2D eigenvalue weighted by molar-refractivity contribution is 6.11. The van der Waals surface area contributed by atoms with Gasteiger partial charge in [0.15, 0.2) is 5.78 Å². The molecule has 2 N–H and O–H groups in total. The third-order valence-corrected chi connectivity index (χ3v) is 7.24. The lowest BCUT2D eigenvalue weighted by Gasteiger charge is -2.12. The molecule has 0 aliphatic heterocycles. The molecule has 0 saturated carbocycles. The smallest absolute Gasteiger partial charge is 0.225 e. The predicted molar refractivity (Wildman–Crippen MR) is 170 cm³/mol. The second-order valence-electron chi connectivity index (χ2n) is 12.4. The SMILES string of the molecule is CN(C)/C=C/C(=O)CCCOc1ccc2[nH]c(C(=O)c3cc4cc(CC(=O)Cc5cc(C(C)(C)C)on5)ccc4[nH]3)cc2c1. The summed E-state index contributed by atoms with van der Waals surface area (Å²) in [5, 5.41) is 5.77. The Kier molecular flexibility index (Phi) is 8.85. The lowest BCUT2D eigenvalue weighted by atomic mass is 9.93. The topological polar surface area (TPSA) is 121 Å². The van der Waals surface area contributed by atoms with Crippen LogP contribution in [0.5, 0.6) is 5.75 Å². The zero-order valence-electron chi connectivity index (χ0n) is 25.8. The van der Waals surface area contributed by atoms with Gasteiger partial charge in [0.2, 0.25) is 5.78 Å². The summed E-state index contributed by atoms with van der Waals surface area (Å²) >= 11 is 0. The molecule has 0 aliphatic rings. The number of nitrogens with one attached hydrogen (secondary N) is 2. The number of ketones is 3. The van der Waals surface area contributed by atoms with Crippen molar-refractivity contribution < 1.29 is 23.6 Å². The van der Waals surface area contributed by atoms with Crippen molar-refractivity contribution >= 4 is 39.2 Å². The van der Waals surface area contributed by atoms with Crippen LogP contribution in [0.2, 0.25) is 0 Å². The van der Waals surface area contributed by atoms with Crippen LogP contribution in [0.4, 0.5) is 0 Å². The van der Waals surface area contributed by atoms with E-state index in [4.69, 9.17) is 9.26 Å². The van der Waals surface area contributed by atoms with Gasteiger partial charge in [0.25, 0.3) is 0 Å². The van der Waals surface area contributed by atoms with Crippen molar-refractivity contribution in [3.8, 4) is 5.75 Å². The van der Waals surface area contributed by atoms with Gasteiger partial charge in [-0.15, -0.1) is 0 Å². The van der Waals surface area contributed by atoms with Gasteiger partial charge in [-0.2, -0.15) is 0 Å². The van der Waals surface area contributed by atoms with Crippen LogP contribution in [-0.4, -0.2) is 58.1 Å². The molecule has 0 spiro atoms. The normalized spacial score (nSPS) is 11.9. The lowest BCUT2D eigenvalue weighted by Crippen LogP contribution is -2.09. The van der Waals surface area contributed by atoms with Gasteiger partial charge < -0.3 is 24.1 Å². The molecule has 5 rings (SSSR count). The third kappa shape index (κ3) is 7.53. The van der Waals surface area contributed by atoms with Crippen molar-refractivity contribution in [3.63, 3.8) is 0 Å². The van der Waals surface area contributed by atoms with E-state index >= 15 is 0 Å². The van der Waals surface area contributed by atoms with Gasteiger partial charge in [-0.25, -0.2) is 0 Å². The van der Waals surface area contributed by atoms with Gasteiger partial charge in [0.1, 0.15) is 17.3 Å². The van der Waals surface area contributed by atoms with Crippen LogP contribution in [0.1, 0.15) is 66.8 Å². The highest BCUT2D eigenvalue weighted by atomic mass is 16.5. The monoisotopic (exact) mass is 594 g/mol. The van der Waals surface area contributed by atoms with E-state index in [0.29, 0.717) is 42.3 Å². The Labute approximate surface area is 256 Å². The number of carbonyl (C=O) groups excluding carboxylic acids is 3. The molecule has 5 aromatic rings. The molecule has 2 aromatic carbocycles. The number of hydrogen-bond donors (Lipinski definition) is 2. The number of fused-ring (bicyclic) bond motifs is 2. The van der Waals surface area contributed by atoms with Crippen molar-refractivity contribution in [1.82, 2.24) is 20.0 Å². The fourth-order valence-electron chi connectivity index (χ4n) is 4.88. The highest BCUT2D eigenvalue weighted by Crippen LogP contribution is 2.26. The molecule has 9 nitrogen and oxygen atoms in total. The number of hydrogen-bond acceptors (Lipinski definition) is 7. The van der Waals surface area contributed by atoms with Crippen molar-refractivity contribution in [2.75, 3.05) is 20.7 Å². The number of H-pyrrole nitrogens is 2. The first kappa shape index (κ1) is 30.5.